The third kappa shape index (κ3) is 2.89. The number of carbonyl (C=O) groups excluding carboxylic acids is 1. The van der Waals surface area contributed by atoms with Gasteiger partial charge >= 0.3 is 0 Å². The number of nitrogens with zero attached hydrogens (tertiary/aromatic N) is 2. The van der Waals surface area contributed by atoms with Crippen molar-refractivity contribution in [1.82, 2.24) is 10.1 Å². The molecule has 2 rings (SSSR count). The van der Waals surface area contributed by atoms with Gasteiger partial charge in [0.2, 0.25) is 11.7 Å². The smallest absolute Gasteiger partial charge is 0.237 e. The average Bonchev–Trinajstić information content (AvgIpc) is 2.89. The van der Waals surface area contributed by atoms with Crippen LogP contribution in [0.25, 0.3) is 11.4 Å². The Balaban J connectivity index is 2.26. The van der Waals surface area contributed by atoms with E-state index in [1.165, 1.54) is 5.56 Å². The third-order valence-corrected chi connectivity index (χ3v) is 3.26. The zero-order valence-electron chi connectivity index (χ0n) is 11.5. The molecule has 0 saturated heterocycles. The molecule has 1 atom stereocenters. The molecule has 1 heterocycles. The minimum atomic E-state index is -0.295. The van der Waals surface area contributed by atoms with E-state index in [1.54, 1.807) is 6.92 Å². The molecule has 0 aliphatic heterocycles. The van der Waals surface area contributed by atoms with Gasteiger partial charge < -0.3 is 4.52 Å². The first-order chi connectivity index (χ1) is 9.15. The fraction of sp³-hybridized carbons (Fsp3) is 0.400. The first-order valence-corrected chi connectivity index (χ1v) is 6.59. The summed E-state index contributed by atoms with van der Waals surface area (Å²) in [5, 5.41) is 3.95. The van der Waals surface area contributed by atoms with E-state index in [2.05, 4.69) is 17.1 Å². The van der Waals surface area contributed by atoms with Crippen molar-refractivity contribution < 1.29 is 9.32 Å². The molecule has 4 nitrogen and oxygen atoms in total. The van der Waals surface area contributed by atoms with Gasteiger partial charge in [-0.15, -0.1) is 0 Å². The topological polar surface area (TPSA) is 56.0 Å². The van der Waals surface area contributed by atoms with Crippen LogP contribution in [0.2, 0.25) is 0 Å². The van der Waals surface area contributed by atoms with Crippen LogP contribution in [0, 0.1) is 0 Å². The van der Waals surface area contributed by atoms with E-state index in [0.717, 1.165) is 12.0 Å². The molecule has 0 amide bonds. The molecule has 0 aliphatic carbocycles. The fourth-order valence-electron chi connectivity index (χ4n) is 2.02. The lowest BCUT2D eigenvalue weighted by Crippen LogP contribution is -2.07. The highest BCUT2D eigenvalue weighted by Gasteiger charge is 2.21. The number of carbonyl (C=O) groups is 1. The summed E-state index contributed by atoms with van der Waals surface area (Å²) in [7, 11) is 0. The number of rotatable bonds is 5. The van der Waals surface area contributed by atoms with E-state index in [-0.39, 0.29) is 11.7 Å². The van der Waals surface area contributed by atoms with Gasteiger partial charge in [-0.05, 0) is 25.3 Å². The standard InChI is InChI=1S/C15H18N2O2/c1-4-11-6-8-12(9-7-11)14-16-15(19-17-14)13(5-2)10(3)18/h6-9,13H,4-5H2,1-3H3. The van der Waals surface area contributed by atoms with Crippen molar-refractivity contribution >= 4 is 5.78 Å². The van der Waals surface area contributed by atoms with Crippen molar-refractivity contribution in [3.8, 4) is 11.4 Å². The summed E-state index contributed by atoms with van der Waals surface area (Å²) in [6, 6.07) is 8.05. The van der Waals surface area contributed by atoms with Crippen molar-refractivity contribution in [3.05, 3.63) is 35.7 Å². The van der Waals surface area contributed by atoms with Crippen LogP contribution in [0.5, 0.6) is 0 Å². The van der Waals surface area contributed by atoms with Crippen LogP contribution < -0.4 is 0 Å². The zero-order valence-corrected chi connectivity index (χ0v) is 11.5. The lowest BCUT2D eigenvalue weighted by atomic mass is 10.0. The summed E-state index contributed by atoms with van der Waals surface area (Å²) >= 11 is 0. The van der Waals surface area contributed by atoms with E-state index in [0.29, 0.717) is 18.1 Å². The van der Waals surface area contributed by atoms with Gasteiger partial charge in [0.15, 0.2) is 0 Å². The van der Waals surface area contributed by atoms with Crippen LogP contribution in [0.15, 0.2) is 28.8 Å². The lowest BCUT2D eigenvalue weighted by Gasteiger charge is -2.03. The molecular weight excluding hydrogens is 240 g/mol. The van der Waals surface area contributed by atoms with E-state index >= 15 is 0 Å². The lowest BCUT2D eigenvalue weighted by molar-refractivity contribution is -0.119. The molecule has 4 heteroatoms. The highest BCUT2D eigenvalue weighted by molar-refractivity contribution is 5.82. The first kappa shape index (κ1) is 13.5. The Hall–Kier alpha value is -1.97. The van der Waals surface area contributed by atoms with Gasteiger partial charge in [0, 0.05) is 5.56 Å². The molecule has 1 unspecified atom stereocenters. The predicted octanol–water partition coefficient (Wildman–Crippen LogP) is 3.38. The maximum Gasteiger partial charge on any atom is 0.237 e. The third-order valence-electron chi connectivity index (χ3n) is 3.26. The number of aryl methyl sites for hydroxylation is 1. The van der Waals surface area contributed by atoms with E-state index < -0.39 is 0 Å². The van der Waals surface area contributed by atoms with Crippen LogP contribution in [0.4, 0.5) is 0 Å². The Morgan fingerprint density at radius 1 is 1.26 bits per heavy atom. The molecule has 0 fully saturated rings. The molecule has 0 spiro atoms. The number of aromatic nitrogens is 2. The van der Waals surface area contributed by atoms with E-state index in [1.807, 2.05) is 31.2 Å². The Morgan fingerprint density at radius 2 is 1.95 bits per heavy atom. The van der Waals surface area contributed by atoms with Crippen LogP contribution in [-0.4, -0.2) is 15.9 Å². The van der Waals surface area contributed by atoms with E-state index in [4.69, 9.17) is 4.52 Å². The largest absolute Gasteiger partial charge is 0.338 e. The SMILES string of the molecule is CCc1ccc(-c2noc(C(CC)C(C)=O)n2)cc1. The Morgan fingerprint density at radius 3 is 2.47 bits per heavy atom. The Kier molecular flexibility index (Phi) is 4.10. The summed E-state index contributed by atoms with van der Waals surface area (Å²) in [6.07, 6.45) is 1.67. The summed E-state index contributed by atoms with van der Waals surface area (Å²) < 4.78 is 5.21. The maximum absolute atomic E-state index is 11.5. The van der Waals surface area contributed by atoms with Crippen LogP contribution in [0.3, 0.4) is 0 Å². The Labute approximate surface area is 112 Å². The highest BCUT2D eigenvalue weighted by atomic mass is 16.5. The number of ketones is 1. The number of Topliss-reactive ketones (excluding diaryl/α,β-unsaturated/α-hetero) is 1. The van der Waals surface area contributed by atoms with Gasteiger partial charge in [-0.3, -0.25) is 4.79 Å². The highest BCUT2D eigenvalue weighted by Crippen LogP contribution is 2.23. The number of hydrogen-bond donors (Lipinski definition) is 0. The molecule has 0 bridgehead atoms. The molecule has 0 radical (unpaired) electrons. The van der Waals surface area contributed by atoms with Gasteiger partial charge in [-0.1, -0.05) is 43.3 Å². The maximum atomic E-state index is 11.5. The predicted molar refractivity (Wildman–Crippen MR) is 72.8 cm³/mol. The molecule has 100 valence electrons. The quantitative estimate of drug-likeness (QED) is 0.825. The summed E-state index contributed by atoms with van der Waals surface area (Å²) in [5.41, 5.74) is 2.17. The van der Waals surface area contributed by atoms with Crippen molar-refractivity contribution in [3.63, 3.8) is 0 Å². The number of benzene rings is 1. The van der Waals surface area contributed by atoms with Gasteiger partial charge in [-0.25, -0.2) is 0 Å². The fourth-order valence-corrected chi connectivity index (χ4v) is 2.02. The molecule has 0 aliphatic rings. The minimum absolute atomic E-state index is 0.0547. The van der Waals surface area contributed by atoms with Crippen LogP contribution >= 0.6 is 0 Å². The molecule has 1 aromatic heterocycles. The monoisotopic (exact) mass is 258 g/mol. The van der Waals surface area contributed by atoms with Crippen molar-refractivity contribution in [2.45, 2.75) is 39.5 Å². The van der Waals surface area contributed by atoms with Crippen LogP contribution in [0.1, 0.15) is 44.6 Å². The summed E-state index contributed by atoms with van der Waals surface area (Å²) in [4.78, 5) is 15.8. The van der Waals surface area contributed by atoms with Crippen molar-refractivity contribution in [2.24, 2.45) is 0 Å². The van der Waals surface area contributed by atoms with Gasteiger partial charge in [0.1, 0.15) is 5.78 Å². The summed E-state index contributed by atoms with van der Waals surface area (Å²) in [6.45, 7) is 5.60. The normalized spacial score (nSPS) is 12.4. The van der Waals surface area contributed by atoms with Crippen LogP contribution in [-0.2, 0) is 11.2 Å². The van der Waals surface area contributed by atoms with Crippen molar-refractivity contribution in [1.29, 1.82) is 0 Å². The first-order valence-electron chi connectivity index (χ1n) is 6.59. The molecule has 19 heavy (non-hydrogen) atoms. The molecule has 0 saturated carbocycles. The number of hydrogen-bond acceptors (Lipinski definition) is 4. The van der Waals surface area contributed by atoms with Gasteiger partial charge in [0.05, 0.1) is 5.92 Å². The van der Waals surface area contributed by atoms with Gasteiger partial charge in [-0.2, -0.15) is 4.98 Å². The van der Waals surface area contributed by atoms with Gasteiger partial charge in [0.25, 0.3) is 0 Å². The average molecular weight is 258 g/mol. The second kappa shape index (κ2) is 5.78. The van der Waals surface area contributed by atoms with E-state index in [9.17, 15) is 4.79 Å². The van der Waals surface area contributed by atoms with Crippen molar-refractivity contribution in [2.75, 3.05) is 0 Å². The second-order valence-corrected chi connectivity index (χ2v) is 4.58. The summed E-state index contributed by atoms with van der Waals surface area (Å²) in [5.74, 6) is 0.706. The minimum Gasteiger partial charge on any atom is -0.338 e. The molecule has 2 aromatic rings. The zero-order chi connectivity index (χ0) is 13.8. The molecular formula is C15H18N2O2. The molecule has 1 aromatic carbocycles. The Bertz CT molecular complexity index is 558. The molecule has 0 N–H and O–H groups in total. The second-order valence-electron chi connectivity index (χ2n) is 4.58.